The SMILES string of the molecule is COc1cc(C(CCCN2CCOCC2)c2n[nH]c(=O)n2-c2cc(Cl)c(Cl)cc2C(F)(F)F)ccc1C. The molecule has 3 aromatic rings. The number of halogens is 5. The highest BCUT2D eigenvalue weighted by atomic mass is 35.5. The van der Waals surface area contributed by atoms with Crippen molar-refractivity contribution in [3.63, 3.8) is 0 Å². The van der Waals surface area contributed by atoms with Crippen LogP contribution in [0.2, 0.25) is 10.0 Å². The van der Waals surface area contributed by atoms with Crippen LogP contribution in [0.5, 0.6) is 5.75 Å². The molecule has 37 heavy (non-hydrogen) atoms. The van der Waals surface area contributed by atoms with Gasteiger partial charge in [0.2, 0.25) is 0 Å². The monoisotopic (exact) mass is 558 g/mol. The van der Waals surface area contributed by atoms with E-state index in [0.717, 1.165) is 53.9 Å². The molecule has 2 aromatic carbocycles. The fraction of sp³-hybridized carbons (Fsp3) is 0.440. The average molecular weight is 559 g/mol. The number of methoxy groups -OCH3 is 1. The lowest BCUT2D eigenvalue weighted by molar-refractivity contribution is -0.137. The van der Waals surface area contributed by atoms with E-state index >= 15 is 0 Å². The summed E-state index contributed by atoms with van der Waals surface area (Å²) in [5, 5.41) is 6.16. The fourth-order valence-corrected chi connectivity index (χ4v) is 4.89. The van der Waals surface area contributed by atoms with Crippen molar-refractivity contribution in [1.29, 1.82) is 0 Å². The Kier molecular flexibility index (Phi) is 8.52. The molecule has 1 N–H and O–H groups in total. The first-order chi connectivity index (χ1) is 17.6. The Bertz CT molecular complexity index is 1300. The minimum absolute atomic E-state index is 0.107. The van der Waals surface area contributed by atoms with Crippen LogP contribution in [0.1, 0.15) is 41.3 Å². The lowest BCUT2D eigenvalue weighted by Crippen LogP contribution is -2.37. The quantitative estimate of drug-likeness (QED) is 0.398. The number of nitrogens with one attached hydrogen (secondary N) is 1. The number of hydrogen-bond donors (Lipinski definition) is 1. The van der Waals surface area contributed by atoms with Gasteiger partial charge >= 0.3 is 11.9 Å². The van der Waals surface area contributed by atoms with Gasteiger partial charge in [0.25, 0.3) is 0 Å². The fourth-order valence-electron chi connectivity index (χ4n) is 4.57. The summed E-state index contributed by atoms with van der Waals surface area (Å²) in [5.74, 6) is 0.262. The van der Waals surface area contributed by atoms with E-state index in [1.807, 2.05) is 25.1 Å². The number of nitrogens with zero attached hydrogens (tertiary/aromatic N) is 3. The highest BCUT2D eigenvalue weighted by Crippen LogP contribution is 2.40. The van der Waals surface area contributed by atoms with Crippen LogP contribution in [0, 0.1) is 6.92 Å². The van der Waals surface area contributed by atoms with Crippen molar-refractivity contribution in [2.45, 2.75) is 31.9 Å². The van der Waals surface area contributed by atoms with Crippen LogP contribution in [-0.2, 0) is 10.9 Å². The maximum absolute atomic E-state index is 14.0. The molecule has 1 aromatic heterocycles. The Labute approximate surface area is 222 Å². The molecule has 2 heterocycles. The van der Waals surface area contributed by atoms with Gasteiger partial charge in [0.1, 0.15) is 11.6 Å². The lowest BCUT2D eigenvalue weighted by Gasteiger charge is -2.27. The van der Waals surface area contributed by atoms with Crippen LogP contribution in [0.25, 0.3) is 5.69 Å². The number of morpholine rings is 1. The van der Waals surface area contributed by atoms with Gasteiger partial charge in [-0.05, 0) is 55.6 Å². The van der Waals surface area contributed by atoms with Crippen LogP contribution in [0.15, 0.2) is 35.1 Å². The van der Waals surface area contributed by atoms with Gasteiger partial charge in [0.15, 0.2) is 0 Å². The maximum atomic E-state index is 14.0. The minimum atomic E-state index is -4.78. The Balaban J connectivity index is 1.80. The second-order valence-corrected chi connectivity index (χ2v) is 9.70. The van der Waals surface area contributed by atoms with E-state index < -0.39 is 29.0 Å². The molecule has 0 amide bonds. The van der Waals surface area contributed by atoms with E-state index in [1.165, 1.54) is 0 Å². The summed E-state index contributed by atoms with van der Waals surface area (Å²) >= 11 is 12.0. The first-order valence-electron chi connectivity index (χ1n) is 11.8. The molecule has 200 valence electrons. The average Bonchev–Trinajstić information content (AvgIpc) is 3.24. The van der Waals surface area contributed by atoms with Crippen LogP contribution >= 0.6 is 23.2 Å². The largest absolute Gasteiger partial charge is 0.496 e. The van der Waals surface area contributed by atoms with Crippen LogP contribution < -0.4 is 10.4 Å². The first-order valence-corrected chi connectivity index (χ1v) is 12.5. The molecular formula is C25H27Cl2F3N4O3. The smallest absolute Gasteiger partial charge is 0.418 e. The number of hydrogen-bond acceptors (Lipinski definition) is 5. The number of H-pyrrole nitrogens is 1. The van der Waals surface area contributed by atoms with Gasteiger partial charge in [-0.3, -0.25) is 4.90 Å². The van der Waals surface area contributed by atoms with Crippen molar-refractivity contribution in [2.75, 3.05) is 40.0 Å². The molecule has 1 unspecified atom stereocenters. The second kappa shape index (κ2) is 11.5. The predicted octanol–water partition coefficient (Wildman–Crippen LogP) is 5.45. The molecule has 0 saturated carbocycles. The number of aryl methyl sites for hydroxylation is 1. The molecule has 1 aliphatic rings. The van der Waals surface area contributed by atoms with E-state index in [-0.39, 0.29) is 15.9 Å². The van der Waals surface area contributed by atoms with Crippen molar-refractivity contribution >= 4 is 23.2 Å². The number of aromatic nitrogens is 3. The Morgan fingerprint density at radius 3 is 2.54 bits per heavy atom. The normalized spacial score (nSPS) is 15.6. The number of alkyl halides is 3. The number of ether oxygens (including phenoxy) is 2. The van der Waals surface area contributed by atoms with Crippen molar-refractivity contribution in [3.05, 3.63) is 73.4 Å². The second-order valence-electron chi connectivity index (χ2n) is 8.88. The van der Waals surface area contributed by atoms with Crippen LogP contribution in [0.4, 0.5) is 13.2 Å². The van der Waals surface area contributed by atoms with E-state index in [9.17, 15) is 18.0 Å². The predicted molar refractivity (Wildman–Crippen MR) is 135 cm³/mol. The molecule has 0 aliphatic carbocycles. The van der Waals surface area contributed by atoms with Crippen molar-refractivity contribution < 1.29 is 22.6 Å². The summed E-state index contributed by atoms with van der Waals surface area (Å²) in [6.45, 7) is 5.62. The molecule has 0 radical (unpaired) electrons. The summed E-state index contributed by atoms with van der Waals surface area (Å²) in [6, 6.07) is 7.36. The van der Waals surface area contributed by atoms with Crippen molar-refractivity contribution in [2.24, 2.45) is 0 Å². The standard InChI is InChI=1S/C25H27Cl2F3N4O3/c1-15-5-6-16(12-22(15)36-2)17(4-3-7-33-8-10-37-11-9-33)23-31-32-24(35)34(23)21-14-20(27)19(26)13-18(21)25(28,29)30/h5-6,12-14,17H,3-4,7-11H2,1-2H3,(H,32,35). The highest BCUT2D eigenvalue weighted by molar-refractivity contribution is 6.42. The van der Waals surface area contributed by atoms with E-state index in [0.29, 0.717) is 25.4 Å². The van der Waals surface area contributed by atoms with Gasteiger partial charge in [-0.15, -0.1) is 0 Å². The van der Waals surface area contributed by atoms with Crippen LogP contribution in [0.3, 0.4) is 0 Å². The number of aromatic amines is 1. The van der Waals surface area contributed by atoms with Crippen molar-refractivity contribution in [3.8, 4) is 11.4 Å². The Hall–Kier alpha value is -2.53. The molecule has 1 saturated heterocycles. The zero-order valence-corrected chi connectivity index (χ0v) is 21.9. The Morgan fingerprint density at radius 1 is 1.16 bits per heavy atom. The third kappa shape index (κ3) is 6.14. The lowest BCUT2D eigenvalue weighted by atomic mass is 9.91. The van der Waals surface area contributed by atoms with Gasteiger partial charge in [-0.25, -0.2) is 14.5 Å². The van der Waals surface area contributed by atoms with E-state index in [1.54, 1.807) is 7.11 Å². The van der Waals surface area contributed by atoms with Gasteiger partial charge in [-0.2, -0.15) is 18.3 Å². The first kappa shape index (κ1) is 27.5. The summed E-state index contributed by atoms with van der Waals surface area (Å²) in [7, 11) is 1.55. The van der Waals surface area contributed by atoms with E-state index in [4.69, 9.17) is 32.7 Å². The zero-order valence-electron chi connectivity index (χ0n) is 20.4. The third-order valence-corrected chi connectivity index (χ3v) is 7.22. The van der Waals surface area contributed by atoms with Crippen LogP contribution in [-0.4, -0.2) is 59.6 Å². The Morgan fingerprint density at radius 2 is 1.86 bits per heavy atom. The zero-order chi connectivity index (χ0) is 26.7. The molecule has 1 fully saturated rings. The number of benzene rings is 2. The summed E-state index contributed by atoms with van der Waals surface area (Å²) in [4.78, 5) is 15.2. The summed E-state index contributed by atoms with van der Waals surface area (Å²) in [5.41, 5.74) is -0.663. The molecule has 0 spiro atoms. The molecule has 4 rings (SSSR count). The molecule has 7 nitrogen and oxygen atoms in total. The molecule has 1 aliphatic heterocycles. The summed E-state index contributed by atoms with van der Waals surface area (Å²) in [6.07, 6.45) is -3.54. The van der Waals surface area contributed by atoms with Crippen molar-refractivity contribution in [1.82, 2.24) is 19.7 Å². The third-order valence-electron chi connectivity index (χ3n) is 6.50. The highest BCUT2D eigenvalue weighted by Gasteiger charge is 2.37. The maximum Gasteiger partial charge on any atom is 0.418 e. The molecule has 0 bridgehead atoms. The van der Waals surface area contributed by atoms with Gasteiger partial charge in [0, 0.05) is 19.0 Å². The molecule has 12 heteroatoms. The molecular weight excluding hydrogens is 532 g/mol. The topological polar surface area (TPSA) is 72.4 Å². The molecule has 1 atom stereocenters. The van der Waals surface area contributed by atoms with Gasteiger partial charge in [-0.1, -0.05) is 35.3 Å². The van der Waals surface area contributed by atoms with Gasteiger partial charge < -0.3 is 9.47 Å². The minimum Gasteiger partial charge on any atom is -0.496 e. The van der Waals surface area contributed by atoms with Gasteiger partial charge in [0.05, 0.1) is 41.6 Å². The summed E-state index contributed by atoms with van der Waals surface area (Å²) < 4.78 is 53.9. The number of rotatable bonds is 8. The van der Waals surface area contributed by atoms with E-state index in [2.05, 4.69) is 15.1 Å².